The van der Waals surface area contributed by atoms with Crippen LogP contribution in [0.15, 0.2) is 127 Å². The van der Waals surface area contributed by atoms with Gasteiger partial charge in [-0.15, -0.1) is 0 Å². The number of nitriles is 1. The Hall–Kier alpha value is -5.40. The van der Waals surface area contributed by atoms with Crippen LogP contribution in [0.3, 0.4) is 0 Å². The molecule has 1 aromatic heterocycles. The molecule has 4 nitrogen and oxygen atoms in total. The summed E-state index contributed by atoms with van der Waals surface area (Å²) in [5, 5.41) is 14.2. The molecule has 4 aromatic carbocycles. The van der Waals surface area contributed by atoms with Gasteiger partial charge in [0.1, 0.15) is 5.82 Å². The van der Waals surface area contributed by atoms with Crippen molar-refractivity contribution in [1.82, 2.24) is 4.98 Å². The third-order valence-corrected chi connectivity index (χ3v) is 8.12. The van der Waals surface area contributed by atoms with Gasteiger partial charge in [0.05, 0.1) is 17.1 Å². The molecule has 0 spiro atoms. The number of nitrogens with zero attached hydrogens (tertiary/aromatic N) is 3. The Labute approximate surface area is 240 Å². The number of nitrogens with one attached hydrogen (secondary N) is 1. The summed E-state index contributed by atoms with van der Waals surface area (Å²) in [5.41, 5.74) is 10.3. The Balaban J connectivity index is 1.46. The van der Waals surface area contributed by atoms with Gasteiger partial charge in [-0.05, 0) is 82.9 Å². The second-order valence-electron chi connectivity index (χ2n) is 10.9. The smallest absolute Gasteiger partial charge is 0.138 e. The first-order chi connectivity index (χ1) is 20.0. The van der Waals surface area contributed by atoms with Crippen LogP contribution in [0.25, 0.3) is 22.6 Å². The molecule has 4 bridgehead atoms. The van der Waals surface area contributed by atoms with Gasteiger partial charge in [0.25, 0.3) is 0 Å². The molecule has 1 N–H and O–H groups in total. The minimum atomic E-state index is -0.222. The number of aromatic nitrogens is 1. The molecule has 2 heterocycles. The lowest BCUT2D eigenvalue weighted by molar-refractivity contribution is 0.641. The number of rotatable bonds is 3. The summed E-state index contributed by atoms with van der Waals surface area (Å²) in [6, 6.07) is 37.4. The highest BCUT2D eigenvalue weighted by molar-refractivity contribution is 5.90. The predicted octanol–water partition coefficient (Wildman–Crippen LogP) is 8.95. The van der Waals surface area contributed by atoms with Crippen LogP contribution in [0, 0.1) is 11.3 Å². The van der Waals surface area contributed by atoms with Crippen molar-refractivity contribution < 1.29 is 0 Å². The fourth-order valence-electron chi connectivity index (χ4n) is 5.99. The lowest BCUT2D eigenvalue weighted by Gasteiger charge is -2.30. The van der Waals surface area contributed by atoms with Crippen LogP contribution in [0.1, 0.15) is 41.7 Å². The third kappa shape index (κ3) is 4.20. The Morgan fingerprint density at radius 3 is 2.41 bits per heavy atom. The molecule has 4 heteroatoms. The van der Waals surface area contributed by atoms with Gasteiger partial charge in [0, 0.05) is 39.6 Å². The fourth-order valence-corrected chi connectivity index (χ4v) is 5.99. The van der Waals surface area contributed by atoms with E-state index >= 15 is 0 Å². The van der Waals surface area contributed by atoms with Crippen LogP contribution >= 0.6 is 0 Å². The van der Waals surface area contributed by atoms with E-state index in [1.807, 2.05) is 42.5 Å². The van der Waals surface area contributed by atoms with Crippen LogP contribution in [-0.2, 0) is 5.41 Å². The quantitative estimate of drug-likeness (QED) is 0.254. The lowest BCUT2D eigenvalue weighted by Crippen LogP contribution is -2.21. The van der Waals surface area contributed by atoms with Crippen molar-refractivity contribution >= 4 is 39.7 Å². The molecule has 0 radical (unpaired) electrons. The highest BCUT2D eigenvalue weighted by Crippen LogP contribution is 2.43. The summed E-state index contributed by atoms with van der Waals surface area (Å²) >= 11 is 0. The summed E-state index contributed by atoms with van der Waals surface area (Å²) in [6.45, 7) is 4.59. The van der Waals surface area contributed by atoms with Crippen molar-refractivity contribution in [2.45, 2.75) is 19.3 Å². The zero-order valence-corrected chi connectivity index (χ0v) is 23.0. The minimum absolute atomic E-state index is 0.222. The first-order valence-electron chi connectivity index (χ1n) is 13.8. The maximum atomic E-state index is 9.44. The molecule has 5 aromatic rings. The van der Waals surface area contributed by atoms with E-state index in [-0.39, 0.29) is 5.41 Å². The monoisotopic (exact) mass is 528 g/mol. The minimum Gasteiger partial charge on any atom is -0.361 e. The maximum absolute atomic E-state index is 9.44. The molecule has 1 aliphatic carbocycles. The molecule has 1 aliphatic heterocycles. The first kappa shape index (κ1) is 24.6. The van der Waals surface area contributed by atoms with E-state index in [0.717, 1.165) is 39.4 Å². The van der Waals surface area contributed by atoms with Crippen molar-refractivity contribution in [2.24, 2.45) is 0 Å². The van der Waals surface area contributed by atoms with E-state index in [1.165, 1.54) is 22.3 Å². The molecule has 41 heavy (non-hydrogen) atoms. The zero-order valence-electron chi connectivity index (χ0n) is 23.0. The summed E-state index contributed by atoms with van der Waals surface area (Å²) in [7, 11) is 0. The Morgan fingerprint density at radius 2 is 1.56 bits per heavy atom. The van der Waals surface area contributed by atoms with Gasteiger partial charge in [0.15, 0.2) is 0 Å². The summed E-state index contributed by atoms with van der Waals surface area (Å²) in [4.78, 5) is 7.23. The average molecular weight is 529 g/mol. The summed E-state index contributed by atoms with van der Waals surface area (Å²) in [5.74, 6) is 0.806. The van der Waals surface area contributed by atoms with Crippen LogP contribution in [0.5, 0.6) is 0 Å². The molecule has 0 saturated heterocycles. The van der Waals surface area contributed by atoms with Gasteiger partial charge >= 0.3 is 0 Å². The first-order valence-corrected chi connectivity index (χ1v) is 13.8. The number of para-hydroxylation sites is 2. The van der Waals surface area contributed by atoms with Crippen molar-refractivity contribution in [1.29, 1.82) is 5.26 Å². The van der Waals surface area contributed by atoms with E-state index in [4.69, 9.17) is 4.98 Å². The summed E-state index contributed by atoms with van der Waals surface area (Å²) < 4.78 is 0. The van der Waals surface area contributed by atoms with Gasteiger partial charge < -0.3 is 5.32 Å². The largest absolute Gasteiger partial charge is 0.361 e. The average Bonchev–Trinajstić information content (AvgIpc) is 3.19. The van der Waals surface area contributed by atoms with E-state index in [0.29, 0.717) is 5.56 Å². The Morgan fingerprint density at radius 1 is 0.780 bits per heavy atom. The Kier molecular flexibility index (Phi) is 5.80. The number of fused-ring (bicyclic) bond motifs is 2. The van der Waals surface area contributed by atoms with E-state index in [1.54, 1.807) is 0 Å². The number of hydrogen-bond acceptors (Lipinski definition) is 4. The number of pyridine rings is 1. The zero-order chi connectivity index (χ0) is 28.0. The number of allylic oxidation sites excluding steroid dienone is 3. The van der Waals surface area contributed by atoms with Gasteiger partial charge in [-0.3, -0.25) is 4.90 Å². The standard InChI is InChI=1S/C37H28N4/c1-37(2)32-11-7-9-30-27(24-39-35-13-6-4-10-33(35)37)22-29(19-20-31(30)32)41(28-17-14-25(23-38)15-18-28)36-21-16-26-8-3-5-12-34(26)40-36/h3-22,24,39H,1-2H3/b27-24-. The van der Waals surface area contributed by atoms with Gasteiger partial charge in [0.2, 0.25) is 0 Å². The predicted molar refractivity (Wildman–Crippen MR) is 169 cm³/mol. The molecule has 196 valence electrons. The lowest BCUT2D eigenvalue weighted by atomic mass is 9.74. The number of anilines is 3. The Bertz CT molecular complexity index is 1950. The van der Waals surface area contributed by atoms with Crippen molar-refractivity contribution in [3.8, 4) is 6.07 Å². The van der Waals surface area contributed by atoms with Crippen LogP contribution in [0.4, 0.5) is 17.2 Å². The van der Waals surface area contributed by atoms with E-state index in [9.17, 15) is 5.26 Å². The molecule has 0 amide bonds. The molecule has 0 unspecified atom stereocenters. The van der Waals surface area contributed by atoms with Crippen LogP contribution in [-0.4, -0.2) is 4.98 Å². The van der Waals surface area contributed by atoms with Gasteiger partial charge in [-0.1, -0.05) is 74.5 Å². The summed E-state index contributed by atoms with van der Waals surface area (Å²) in [6.07, 6.45) is 8.75. The third-order valence-electron chi connectivity index (χ3n) is 8.12. The SMILES string of the molecule is CC1(C)c2ccccc2N/C=C2/C=C(N(c3ccc(C#N)cc3)c3ccc4ccccc4n3)C=Cc3c2cccc31. The molecule has 0 atom stereocenters. The number of benzene rings is 4. The van der Waals surface area contributed by atoms with Crippen LogP contribution in [0.2, 0.25) is 0 Å². The second-order valence-corrected chi connectivity index (χ2v) is 10.9. The fraction of sp³-hybridized carbons (Fsp3) is 0.0811. The molecule has 7 rings (SSSR count). The van der Waals surface area contributed by atoms with E-state index in [2.05, 4.69) is 115 Å². The van der Waals surface area contributed by atoms with Gasteiger partial charge in [-0.25, -0.2) is 4.98 Å². The van der Waals surface area contributed by atoms with Gasteiger partial charge in [-0.2, -0.15) is 5.26 Å². The normalized spacial score (nSPS) is 15.9. The maximum Gasteiger partial charge on any atom is 0.138 e. The molecule has 0 saturated carbocycles. The van der Waals surface area contributed by atoms with Crippen molar-refractivity contribution in [2.75, 3.05) is 10.2 Å². The molecular weight excluding hydrogens is 500 g/mol. The van der Waals surface area contributed by atoms with Crippen LogP contribution < -0.4 is 10.2 Å². The van der Waals surface area contributed by atoms with Crippen molar-refractivity contribution in [3.05, 3.63) is 155 Å². The molecule has 0 fully saturated rings. The highest BCUT2D eigenvalue weighted by atomic mass is 15.2. The van der Waals surface area contributed by atoms with E-state index < -0.39 is 0 Å². The molecular formula is C37H28N4. The second kappa shape index (κ2) is 9.66. The number of hydrogen-bond donors (Lipinski definition) is 1. The van der Waals surface area contributed by atoms with Crippen molar-refractivity contribution in [3.63, 3.8) is 0 Å². The topological polar surface area (TPSA) is 52.0 Å². The highest BCUT2D eigenvalue weighted by Gasteiger charge is 2.31. The molecule has 2 aliphatic rings.